The number of methoxy groups -OCH3 is 1. The van der Waals surface area contributed by atoms with Crippen LogP contribution in [0.25, 0.3) is 11.0 Å². The number of halogens is 1. The number of aryl methyl sites for hydroxylation is 1. The number of hydrogen-bond acceptors (Lipinski definition) is 5. The van der Waals surface area contributed by atoms with Crippen LogP contribution < -0.4 is 15.7 Å². The van der Waals surface area contributed by atoms with Gasteiger partial charge < -0.3 is 19.4 Å². The Bertz CT molecular complexity index is 912. The van der Waals surface area contributed by atoms with Gasteiger partial charge in [0.2, 0.25) is 5.91 Å². The van der Waals surface area contributed by atoms with E-state index in [0.29, 0.717) is 41.8 Å². The van der Waals surface area contributed by atoms with Gasteiger partial charge in [0.05, 0.1) is 7.11 Å². The molecule has 2 atom stereocenters. The van der Waals surface area contributed by atoms with E-state index in [1.807, 2.05) is 19.1 Å². The Morgan fingerprint density at radius 3 is 2.86 bits per heavy atom. The molecule has 0 aliphatic carbocycles. The highest BCUT2D eigenvalue weighted by molar-refractivity contribution is 5.85. The summed E-state index contributed by atoms with van der Waals surface area (Å²) < 4.78 is 10.7. The number of fused-ring (bicyclic) bond motifs is 3. The molecule has 0 saturated carbocycles. The van der Waals surface area contributed by atoms with Crippen LogP contribution in [0.4, 0.5) is 0 Å². The van der Waals surface area contributed by atoms with Gasteiger partial charge >= 0.3 is 5.63 Å². The first-order chi connectivity index (χ1) is 13.1. The van der Waals surface area contributed by atoms with Crippen LogP contribution in [0.15, 0.2) is 27.4 Å². The maximum Gasteiger partial charge on any atom is 0.339 e. The van der Waals surface area contributed by atoms with Gasteiger partial charge in [-0.25, -0.2) is 4.79 Å². The third-order valence-corrected chi connectivity index (χ3v) is 6.03. The van der Waals surface area contributed by atoms with Crippen molar-refractivity contribution in [1.82, 2.24) is 10.2 Å². The molecule has 2 fully saturated rings. The molecule has 1 aromatic heterocycles. The van der Waals surface area contributed by atoms with Crippen LogP contribution in [-0.2, 0) is 11.2 Å². The van der Waals surface area contributed by atoms with Crippen molar-refractivity contribution in [3.63, 3.8) is 0 Å². The Kier molecular flexibility index (Phi) is 6.30. The molecule has 2 aliphatic heterocycles. The molecule has 2 aliphatic rings. The monoisotopic (exact) mass is 406 g/mol. The summed E-state index contributed by atoms with van der Waals surface area (Å²) in [5, 5.41) is 4.30. The smallest absolute Gasteiger partial charge is 0.339 e. The second-order valence-corrected chi connectivity index (χ2v) is 7.53. The third kappa shape index (κ3) is 3.76. The molecule has 6 nitrogen and oxygen atoms in total. The van der Waals surface area contributed by atoms with E-state index >= 15 is 0 Å². The number of nitrogens with one attached hydrogen (secondary N) is 1. The summed E-state index contributed by atoms with van der Waals surface area (Å²) in [6, 6.07) is 6.12. The van der Waals surface area contributed by atoms with Gasteiger partial charge in [-0.2, -0.15) is 0 Å². The standard InChI is InChI=1S/C21H26N2O4.ClH/c1-13-17-6-5-16(26-2)11-19(17)27-21(25)18(13)7-8-20(24)23-14-3-4-15(23)12-22-10-9-14;/h5-6,11,14-15,22H,3-4,7-10,12H2,1-2H3;1H. The van der Waals surface area contributed by atoms with Crippen LogP contribution in [0.3, 0.4) is 0 Å². The Labute approximate surface area is 170 Å². The predicted octanol–water partition coefficient (Wildman–Crippen LogP) is 2.82. The maximum atomic E-state index is 12.9. The summed E-state index contributed by atoms with van der Waals surface area (Å²) in [4.78, 5) is 27.5. The number of ether oxygens (including phenoxy) is 1. The van der Waals surface area contributed by atoms with Crippen LogP contribution in [0.2, 0.25) is 0 Å². The summed E-state index contributed by atoms with van der Waals surface area (Å²) >= 11 is 0. The molecule has 2 bridgehead atoms. The van der Waals surface area contributed by atoms with Gasteiger partial charge in [0.15, 0.2) is 0 Å². The van der Waals surface area contributed by atoms with E-state index in [1.165, 1.54) is 0 Å². The number of carbonyl (C=O) groups is 1. The van der Waals surface area contributed by atoms with E-state index < -0.39 is 0 Å². The minimum absolute atomic E-state index is 0. The molecule has 152 valence electrons. The first kappa shape index (κ1) is 20.7. The van der Waals surface area contributed by atoms with Crippen molar-refractivity contribution in [2.45, 2.75) is 51.1 Å². The second kappa shape index (κ2) is 8.53. The van der Waals surface area contributed by atoms with Gasteiger partial charge in [0.1, 0.15) is 11.3 Å². The minimum atomic E-state index is -0.360. The van der Waals surface area contributed by atoms with Gasteiger partial charge in [0, 0.05) is 42.1 Å². The lowest BCUT2D eigenvalue weighted by molar-refractivity contribution is -0.133. The fourth-order valence-electron chi connectivity index (χ4n) is 4.54. The van der Waals surface area contributed by atoms with Crippen molar-refractivity contribution in [3.8, 4) is 5.75 Å². The van der Waals surface area contributed by atoms with Crippen molar-refractivity contribution in [3.05, 3.63) is 39.7 Å². The molecule has 2 unspecified atom stereocenters. The average Bonchev–Trinajstić information content (AvgIpc) is 2.93. The lowest BCUT2D eigenvalue weighted by Crippen LogP contribution is -2.42. The van der Waals surface area contributed by atoms with Crippen molar-refractivity contribution in [1.29, 1.82) is 0 Å². The SMILES string of the molecule is COc1ccc2c(C)c(CCC(=O)N3C4CCNCC3CC4)c(=O)oc2c1.Cl. The van der Waals surface area contributed by atoms with Crippen LogP contribution in [0.1, 0.15) is 36.8 Å². The summed E-state index contributed by atoms with van der Waals surface area (Å²) in [6.45, 7) is 3.77. The number of benzene rings is 1. The Morgan fingerprint density at radius 2 is 2.07 bits per heavy atom. The first-order valence-electron chi connectivity index (χ1n) is 9.70. The summed E-state index contributed by atoms with van der Waals surface area (Å²) in [5.74, 6) is 0.804. The molecule has 0 spiro atoms. The van der Waals surface area contributed by atoms with E-state index in [9.17, 15) is 9.59 Å². The predicted molar refractivity (Wildman–Crippen MR) is 110 cm³/mol. The topological polar surface area (TPSA) is 71.8 Å². The van der Waals surface area contributed by atoms with Gasteiger partial charge in [-0.3, -0.25) is 4.79 Å². The van der Waals surface area contributed by atoms with Gasteiger partial charge in [-0.1, -0.05) is 0 Å². The lowest BCUT2D eigenvalue weighted by Gasteiger charge is -2.28. The zero-order chi connectivity index (χ0) is 19.0. The Hall–Kier alpha value is -2.05. The number of amides is 1. The first-order valence-corrected chi connectivity index (χ1v) is 9.70. The van der Waals surface area contributed by atoms with E-state index in [1.54, 1.807) is 13.2 Å². The Morgan fingerprint density at radius 1 is 1.29 bits per heavy atom. The summed E-state index contributed by atoms with van der Waals surface area (Å²) in [5.41, 5.74) is 1.64. The zero-order valence-corrected chi connectivity index (χ0v) is 17.1. The largest absolute Gasteiger partial charge is 0.497 e. The van der Waals surface area contributed by atoms with Crippen LogP contribution in [0.5, 0.6) is 5.75 Å². The molecular weight excluding hydrogens is 380 g/mol. The molecule has 28 heavy (non-hydrogen) atoms. The van der Waals surface area contributed by atoms with Crippen molar-refractivity contribution in [2.75, 3.05) is 20.2 Å². The minimum Gasteiger partial charge on any atom is -0.497 e. The van der Waals surface area contributed by atoms with Crippen LogP contribution in [0, 0.1) is 6.92 Å². The fraction of sp³-hybridized carbons (Fsp3) is 0.524. The van der Waals surface area contributed by atoms with Crippen LogP contribution >= 0.6 is 12.4 Å². The highest BCUT2D eigenvalue weighted by Gasteiger charge is 2.37. The number of rotatable bonds is 4. The van der Waals surface area contributed by atoms with E-state index in [0.717, 1.165) is 43.3 Å². The van der Waals surface area contributed by atoms with Crippen molar-refractivity contribution in [2.24, 2.45) is 0 Å². The number of hydrogen-bond donors (Lipinski definition) is 1. The normalized spacial score (nSPS) is 21.3. The van der Waals surface area contributed by atoms with Crippen LogP contribution in [-0.4, -0.2) is 43.1 Å². The molecule has 1 aromatic carbocycles. The van der Waals surface area contributed by atoms with E-state index in [2.05, 4.69) is 10.2 Å². The van der Waals surface area contributed by atoms with Gasteiger partial charge in [-0.05, 0) is 56.8 Å². The molecule has 1 N–H and O–H groups in total. The van der Waals surface area contributed by atoms with Gasteiger partial charge in [-0.15, -0.1) is 12.4 Å². The van der Waals surface area contributed by atoms with Crippen molar-refractivity contribution >= 4 is 29.3 Å². The quantitative estimate of drug-likeness (QED) is 0.790. The molecule has 7 heteroatoms. The third-order valence-electron chi connectivity index (χ3n) is 6.03. The molecule has 4 rings (SSSR count). The number of carbonyl (C=O) groups excluding carboxylic acids is 1. The highest BCUT2D eigenvalue weighted by Crippen LogP contribution is 2.29. The maximum absolute atomic E-state index is 12.9. The fourth-order valence-corrected chi connectivity index (χ4v) is 4.54. The van der Waals surface area contributed by atoms with Gasteiger partial charge in [0.25, 0.3) is 0 Å². The highest BCUT2D eigenvalue weighted by atomic mass is 35.5. The zero-order valence-electron chi connectivity index (χ0n) is 16.3. The molecule has 0 radical (unpaired) electrons. The molecule has 2 saturated heterocycles. The lowest BCUT2D eigenvalue weighted by atomic mass is 10.0. The molecule has 2 aromatic rings. The molecular formula is C21H27ClN2O4. The average molecular weight is 407 g/mol. The molecule has 3 heterocycles. The Balaban J connectivity index is 0.00000225. The van der Waals surface area contributed by atoms with E-state index in [4.69, 9.17) is 9.15 Å². The summed E-state index contributed by atoms with van der Waals surface area (Å²) in [7, 11) is 1.58. The van der Waals surface area contributed by atoms with Crippen molar-refractivity contribution < 1.29 is 13.9 Å². The van der Waals surface area contributed by atoms with E-state index in [-0.39, 0.29) is 23.9 Å². The second-order valence-electron chi connectivity index (χ2n) is 7.53. The number of nitrogens with zero attached hydrogens (tertiary/aromatic N) is 1. The summed E-state index contributed by atoms with van der Waals surface area (Å²) in [6.07, 6.45) is 3.94. The molecule has 1 amide bonds.